The smallest absolute Gasteiger partial charge is 0.408 e. The van der Waals surface area contributed by atoms with Gasteiger partial charge in [0.2, 0.25) is 5.91 Å². The molecule has 0 fully saturated rings. The van der Waals surface area contributed by atoms with E-state index in [1.54, 1.807) is 32.6 Å². The van der Waals surface area contributed by atoms with Gasteiger partial charge in [0, 0.05) is 12.1 Å². The third-order valence-corrected chi connectivity index (χ3v) is 5.71. The van der Waals surface area contributed by atoms with Crippen LogP contribution in [0.2, 0.25) is 0 Å². The molecule has 0 spiro atoms. The highest BCUT2D eigenvalue weighted by Crippen LogP contribution is 2.44. The molecule has 0 saturated carbocycles. The summed E-state index contributed by atoms with van der Waals surface area (Å²) in [7, 11) is 0. The van der Waals surface area contributed by atoms with Gasteiger partial charge in [-0.25, -0.2) is 4.79 Å². The molecule has 2 N–H and O–H groups in total. The monoisotopic (exact) mass is 435 g/mol. The molecular formula is C25H29N3O4. The Morgan fingerprint density at radius 1 is 1.09 bits per heavy atom. The highest BCUT2D eigenvalue weighted by molar-refractivity contribution is 6.07. The van der Waals surface area contributed by atoms with Crippen molar-refractivity contribution in [3.05, 3.63) is 53.6 Å². The number of carbonyl (C=O) groups is 3. The highest BCUT2D eigenvalue weighted by atomic mass is 16.6. The van der Waals surface area contributed by atoms with Crippen molar-refractivity contribution in [3.63, 3.8) is 0 Å². The maximum Gasteiger partial charge on any atom is 0.408 e. The summed E-state index contributed by atoms with van der Waals surface area (Å²) in [5, 5.41) is 5.42. The summed E-state index contributed by atoms with van der Waals surface area (Å²) in [6.45, 7) is 7.43. The van der Waals surface area contributed by atoms with Crippen LogP contribution in [-0.4, -0.2) is 36.1 Å². The molecule has 7 nitrogen and oxygen atoms in total. The van der Waals surface area contributed by atoms with Gasteiger partial charge >= 0.3 is 6.09 Å². The first-order valence-electron chi connectivity index (χ1n) is 11.0. The van der Waals surface area contributed by atoms with Crippen molar-refractivity contribution in [2.75, 3.05) is 11.4 Å². The van der Waals surface area contributed by atoms with E-state index in [2.05, 4.69) is 16.7 Å². The molecule has 1 unspecified atom stereocenters. The lowest BCUT2D eigenvalue weighted by Gasteiger charge is -2.32. The quantitative estimate of drug-likeness (QED) is 0.769. The van der Waals surface area contributed by atoms with E-state index in [0.717, 1.165) is 40.8 Å². The first-order valence-corrected chi connectivity index (χ1v) is 11.0. The minimum Gasteiger partial charge on any atom is -0.444 e. The molecule has 2 aromatic rings. The Bertz CT molecular complexity index is 1070. The number of ether oxygens (including phenoxy) is 1. The van der Waals surface area contributed by atoms with E-state index in [4.69, 9.17) is 4.74 Å². The number of aryl methyl sites for hydroxylation is 1. The number of fused-ring (bicyclic) bond motifs is 2. The molecule has 0 radical (unpaired) electrons. The van der Waals surface area contributed by atoms with Gasteiger partial charge in [-0.15, -0.1) is 0 Å². The molecule has 2 heterocycles. The molecule has 2 atom stereocenters. The summed E-state index contributed by atoms with van der Waals surface area (Å²) >= 11 is 0. The zero-order valence-corrected chi connectivity index (χ0v) is 18.9. The molecule has 2 aliphatic heterocycles. The van der Waals surface area contributed by atoms with Gasteiger partial charge in [-0.3, -0.25) is 9.59 Å². The number of nitrogens with zero attached hydrogens (tertiary/aromatic N) is 1. The van der Waals surface area contributed by atoms with Crippen LogP contribution in [0.25, 0.3) is 11.1 Å². The Hall–Kier alpha value is -3.35. The number of carbonyl (C=O) groups excluding carboxylic acids is 3. The zero-order chi connectivity index (χ0) is 23.0. The third kappa shape index (κ3) is 4.20. The van der Waals surface area contributed by atoms with E-state index in [9.17, 15) is 14.4 Å². The molecule has 4 rings (SSSR count). The lowest BCUT2D eigenvalue weighted by Crippen LogP contribution is -2.50. The maximum atomic E-state index is 13.7. The van der Waals surface area contributed by atoms with Gasteiger partial charge < -0.3 is 20.3 Å². The third-order valence-electron chi connectivity index (χ3n) is 5.71. The normalized spacial score (nSPS) is 18.1. The molecule has 0 aromatic heterocycles. The van der Waals surface area contributed by atoms with E-state index in [-0.39, 0.29) is 5.91 Å². The molecule has 7 heteroatoms. The van der Waals surface area contributed by atoms with Crippen LogP contribution < -0.4 is 15.5 Å². The predicted molar refractivity (Wildman–Crippen MR) is 122 cm³/mol. The fraction of sp³-hybridized carbons (Fsp3) is 0.400. The topological polar surface area (TPSA) is 87.7 Å². The van der Waals surface area contributed by atoms with E-state index in [0.29, 0.717) is 6.54 Å². The molecule has 32 heavy (non-hydrogen) atoms. The highest BCUT2D eigenvalue weighted by Gasteiger charge is 2.37. The van der Waals surface area contributed by atoms with Crippen molar-refractivity contribution < 1.29 is 19.1 Å². The van der Waals surface area contributed by atoms with Crippen molar-refractivity contribution >= 4 is 23.6 Å². The van der Waals surface area contributed by atoms with Crippen molar-refractivity contribution in [1.29, 1.82) is 0 Å². The Labute approximate surface area is 188 Å². The first kappa shape index (κ1) is 21.9. The summed E-state index contributed by atoms with van der Waals surface area (Å²) < 4.78 is 5.24. The number of alkyl carbamates (subject to hydrolysis) is 1. The minimum absolute atomic E-state index is 0.166. The van der Waals surface area contributed by atoms with Crippen molar-refractivity contribution in [2.24, 2.45) is 0 Å². The number of benzene rings is 2. The lowest BCUT2D eigenvalue weighted by molar-refractivity contribution is -0.128. The Kier molecular flexibility index (Phi) is 5.67. The van der Waals surface area contributed by atoms with Gasteiger partial charge in [-0.2, -0.15) is 0 Å². The lowest BCUT2D eigenvalue weighted by atomic mass is 9.92. The van der Waals surface area contributed by atoms with Crippen LogP contribution in [0.5, 0.6) is 0 Å². The molecule has 0 bridgehead atoms. The standard InChI is InChI=1S/C25H29N3O4/c1-15(26-24(31)32-25(2,3)4)22(29)27-20-18-12-6-5-11-17(18)19-13-7-9-16-10-8-14-28(21(16)19)23(20)30/h5-7,9,11-13,15,20H,8,10,14H2,1-4H3,(H,26,31)(H,27,29)/t15-,20?/m0/s1. The number of anilines is 1. The van der Waals surface area contributed by atoms with Gasteiger partial charge in [0.15, 0.2) is 0 Å². The fourth-order valence-corrected chi connectivity index (χ4v) is 4.33. The molecule has 0 aliphatic carbocycles. The number of amides is 3. The summed E-state index contributed by atoms with van der Waals surface area (Å²) in [5.41, 5.74) is 4.09. The number of para-hydroxylation sites is 1. The predicted octanol–water partition coefficient (Wildman–Crippen LogP) is 3.72. The van der Waals surface area contributed by atoms with Gasteiger partial charge in [-0.1, -0.05) is 42.5 Å². The van der Waals surface area contributed by atoms with Gasteiger partial charge in [0.1, 0.15) is 17.7 Å². The van der Waals surface area contributed by atoms with Gasteiger partial charge in [-0.05, 0) is 57.2 Å². The Balaban J connectivity index is 1.64. The second-order valence-electron chi connectivity index (χ2n) is 9.30. The van der Waals surface area contributed by atoms with Crippen LogP contribution in [0.4, 0.5) is 10.5 Å². The van der Waals surface area contributed by atoms with Crippen LogP contribution in [0, 0.1) is 0 Å². The number of hydrogen-bond acceptors (Lipinski definition) is 4. The van der Waals surface area contributed by atoms with E-state index in [1.165, 1.54) is 0 Å². The molecule has 2 aliphatic rings. The van der Waals surface area contributed by atoms with E-state index < -0.39 is 29.7 Å². The molecule has 3 amide bonds. The summed E-state index contributed by atoms with van der Waals surface area (Å²) in [5.74, 6) is -0.617. The van der Waals surface area contributed by atoms with Crippen molar-refractivity contribution in [2.45, 2.75) is 58.2 Å². The molecule has 2 aromatic carbocycles. The first-order chi connectivity index (χ1) is 15.2. The molecule has 0 saturated heterocycles. The Morgan fingerprint density at radius 2 is 1.81 bits per heavy atom. The summed E-state index contributed by atoms with van der Waals surface area (Å²) in [6, 6.07) is 12.1. The van der Waals surface area contributed by atoms with Crippen LogP contribution in [-0.2, 0) is 20.7 Å². The summed E-state index contributed by atoms with van der Waals surface area (Å²) in [4.78, 5) is 40.5. The fourth-order valence-electron chi connectivity index (χ4n) is 4.33. The zero-order valence-electron chi connectivity index (χ0n) is 18.9. The number of hydrogen-bond donors (Lipinski definition) is 2. The SMILES string of the molecule is C[C@H](NC(=O)OC(C)(C)C)C(=O)NC1C(=O)N2CCCc3cccc(c32)-c2ccccc21. The van der Waals surface area contributed by atoms with Crippen LogP contribution in [0.1, 0.15) is 51.3 Å². The van der Waals surface area contributed by atoms with Gasteiger partial charge in [0.05, 0.1) is 5.69 Å². The minimum atomic E-state index is -0.868. The molecular weight excluding hydrogens is 406 g/mol. The molecule has 168 valence electrons. The van der Waals surface area contributed by atoms with Gasteiger partial charge in [0.25, 0.3) is 5.91 Å². The largest absolute Gasteiger partial charge is 0.444 e. The van der Waals surface area contributed by atoms with E-state index in [1.807, 2.05) is 36.4 Å². The maximum absolute atomic E-state index is 13.7. The second kappa shape index (κ2) is 8.30. The van der Waals surface area contributed by atoms with E-state index >= 15 is 0 Å². The van der Waals surface area contributed by atoms with Crippen LogP contribution in [0.15, 0.2) is 42.5 Å². The average molecular weight is 436 g/mol. The average Bonchev–Trinajstić information content (AvgIpc) is 2.83. The Morgan fingerprint density at radius 3 is 2.56 bits per heavy atom. The van der Waals surface area contributed by atoms with Crippen molar-refractivity contribution in [3.8, 4) is 11.1 Å². The van der Waals surface area contributed by atoms with Crippen LogP contribution >= 0.6 is 0 Å². The van der Waals surface area contributed by atoms with Crippen LogP contribution in [0.3, 0.4) is 0 Å². The second-order valence-corrected chi connectivity index (χ2v) is 9.30. The number of nitrogens with one attached hydrogen (secondary N) is 2. The summed E-state index contributed by atoms with van der Waals surface area (Å²) in [6.07, 6.45) is 1.11. The number of rotatable bonds is 3. The van der Waals surface area contributed by atoms with Crippen molar-refractivity contribution in [1.82, 2.24) is 10.6 Å².